The first-order valence-corrected chi connectivity index (χ1v) is 7.80. The minimum atomic E-state index is -0.609. The molecular formula is C17H19N3O4. The number of methoxy groups -OCH3 is 1. The number of esters is 1. The Morgan fingerprint density at radius 2 is 2.21 bits per heavy atom. The van der Waals surface area contributed by atoms with E-state index >= 15 is 0 Å². The first-order chi connectivity index (χ1) is 11.7. The highest BCUT2D eigenvalue weighted by atomic mass is 16.5. The molecule has 0 aliphatic carbocycles. The Hall–Kier alpha value is -2.83. The van der Waals surface area contributed by atoms with Crippen LogP contribution in [0.5, 0.6) is 0 Å². The molecule has 0 unspecified atom stereocenters. The van der Waals surface area contributed by atoms with Gasteiger partial charge in [-0.2, -0.15) is 0 Å². The fourth-order valence-electron chi connectivity index (χ4n) is 3.17. The second kappa shape index (κ2) is 6.74. The lowest BCUT2D eigenvalue weighted by molar-refractivity contribution is -0.149. The lowest BCUT2D eigenvalue weighted by Gasteiger charge is -2.22. The Labute approximate surface area is 138 Å². The Balaban J connectivity index is 1.81. The van der Waals surface area contributed by atoms with E-state index in [9.17, 15) is 14.8 Å². The molecule has 7 nitrogen and oxygen atoms in total. The number of hydrogen-bond donors (Lipinski definition) is 2. The zero-order valence-corrected chi connectivity index (χ0v) is 13.4. The van der Waals surface area contributed by atoms with Gasteiger partial charge in [0.15, 0.2) is 0 Å². The third-order valence-corrected chi connectivity index (χ3v) is 4.39. The van der Waals surface area contributed by atoms with Gasteiger partial charge in [-0.1, -0.05) is 23.4 Å². The van der Waals surface area contributed by atoms with Gasteiger partial charge in [0, 0.05) is 30.1 Å². The van der Waals surface area contributed by atoms with E-state index in [4.69, 9.17) is 4.74 Å². The third kappa shape index (κ3) is 2.84. The average molecular weight is 329 g/mol. The number of hydrogen-bond acceptors (Lipinski definition) is 5. The van der Waals surface area contributed by atoms with Gasteiger partial charge in [-0.15, -0.1) is 0 Å². The number of carbonyl (C=O) groups excluding carboxylic acids is 2. The highest BCUT2D eigenvalue weighted by Crippen LogP contribution is 2.22. The minimum absolute atomic E-state index is 0.00977. The summed E-state index contributed by atoms with van der Waals surface area (Å²) < 4.78 is 4.75. The van der Waals surface area contributed by atoms with Crippen molar-refractivity contribution in [1.29, 1.82) is 0 Å². The van der Waals surface area contributed by atoms with Crippen LogP contribution in [0.1, 0.15) is 18.4 Å². The highest BCUT2D eigenvalue weighted by Gasteiger charge is 2.36. The molecule has 1 aromatic heterocycles. The highest BCUT2D eigenvalue weighted by molar-refractivity contribution is 6.39. The number of fused-ring (bicyclic) bond motifs is 1. The van der Waals surface area contributed by atoms with Gasteiger partial charge in [0.1, 0.15) is 11.8 Å². The van der Waals surface area contributed by atoms with Crippen molar-refractivity contribution in [2.75, 3.05) is 13.7 Å². The van der Waals surface area contributed by atoms with Crippen LogP contribution < -0.4 is 0 Å². The number of aromatic amines is 1. The molecule has 1 aromatic carbocycles. The van der Waals surface area contributed by atoms with Crippen LogP contribution in [0.15, 0.2) is 35.6 Å². The summed E-state index contributed by atoms with van der Waals surface area (Å²) in [6.45, 7) is 0.450. The van der Waals surface area contributed by atoms with Gasteiger partial charge in [-0.3, -0.25) is 4.79 Å². The molecule has 0 saturated carbocycles. The number of benzene rings is 1. The van der Waals surface area contributed by atoms with Gasteiger partial charge in [-0.05, 0) is 24.5 Å². The molecule has 126 valence electrons. The van der Waals surface area contributed by atoms with Crippen molar-refractivity contribution in [3.8, 4) is 0 Å². The Bertz CT molecular complexity index is 796. The Morgan fingerprint density at radius 3 is 2.96 bits per heavy atom. The lowest BCUT2D eigenvalue weighted by atomic mass is 10.1. The van der Waals surface area contributed by atoms with Crippen LogP contribution in [0.4, 0.5) is 0 Å². The van der Waals surface area contributed by atoms with E-state index in [1.54, 1.807) is 6.20 Å². The number of para-hydroxylation sites is 1. The Kier molecular flexibility index (Phi) is 4.50. The fourth-order valence-corrected chi connectivity index (χ4v) is 3.17. The number of nitrogens with one attached hydrogen (secondary N) is 1. The quantitative estimate of drug-likeness (QED) is 0.386. The predicted molar refractivity (Wildman–Crippen MR) is 88.0 cm³/mol. The number of ether oxygens (including phenoxy) is 1. The monoisotopic (exact) mass is 329 g/mol. The summed E-state index contributed by atoms with van der Waals surface area (Å²) in [5.41, 5.74) is 1.82. The van der Waals surface area contributed by atoms with Gasteiger partial charge in [0.25, 0.3) is 5.91 Å². The van der Waals surface area contributed by atoms with Crippen LogP contribution in [0, 0.1) is 0 Å². The normalized spacial score (nSPS) is 18.1. The van der Waals surface area contributed by atoms with Crippen molar-refractivity contribution in [3.05, 3.63) is 36.0 Å². The predicted octanol–water partition coefficient (Wildman–Crippen LogP) is 1.70. The number of aromatic nitrogens is 1. The van der Waals surface area contributed by atoms with E-state index in [0.717, 1.165) is 22.9 Å². The van der Waals surface area contributed by atoms with Gasteiger partial charge in [0.05, 0.1) is 7.11 Å². The van der Waals surface area contributed by atoms with Crippen molar-refractivity contribution in [2.45, 2.75) is 25.3 Å². The van der Waals surface area contributed by atoms with E-state index in [1.807, 2.05) is 24.3 Å². The molecule has 3 rings (SSSR count). The maximum absolute atomic E-state index is 12.7. The van der Waals surface area contributed by atoms with Gasteiger partial charge < -0.3 is 19.8 Å². The molecule has 2 aromatic rings. The molecule has 1 fully saturated rings. The van der Waals surface area contributed by atoms with E-state index in [0.29, 0.717) is 13.0 Å². The van der Waals surface area contributed by atoms with Crippen molar-refractivity contribution < 1.29 is 19.5 Å². The molecule has 1 atom stereocenters. The van der Waals surface area contributed by atoms with Crippen LogP contribution in [0.2, 0.25) is 0 Å². The molecule has 2 N–H and O–H groups in total. The molecule has 2 heterocycles. The fraction of sp³-hybridized carbons (Fsp3) is 0.353. The number of rotatable bonds is 4. The maximum atomic E-state index is 12.7. The second-order valence-corrected chi connectivity index (χ2v) is 5.76. The van der Waals surface area contributed by atoms with Gasteiger partial charge in [-0.25, -0.2) is 4.79 Å². The van der Waals surface area contributed by atoms with Crippen molar-refractivity contribution in [2.24, 2.45) is 5.16 Å². The maximum Gasteiger partial charge on any atom is 0.328 e. The molecule has 1 amide bonds. The van der Waals surface area contributed by atoms with Crippen LogP contribution >= 0.6 is 0 Å². The first kappa shape index (κ1) is 16.0. The van der Waals surface area contributed by atoms with E-state index in [1.165, 1.54) is 12.0 Å². The number of likely N-dealkylation sites (tertiary alicyclic amines) is 1. The first-order valence-electron chi connectivity index (χ1n) is 7.80. The standard InChI is InChI=1S/C17H19N3O4/c1-24-17(22)15-7-4-8-20(15)16(21)14(19-23)9-11-10-18-13-6-3-2-5-12(11)13/h2-3,5-6,10,15,18,23H,4,7-9H2,1H3/t15-/m0/s1. The van der Waals surface area contributed by atoms with Crippen molar-refractivity contribution >= 4 is 28.5 Å². The summed E-state index contributed by atoms with van der Waals surface area (Å²) >= 11 is 0. The van der Waals surface area contributed by atoms with Gasteiger partial charge in [0.2, 0.25) is 0 Å². The zero-order valence-electron chi connectivity index (χ0n) is 13.4. The van der Waals surface area contributed by atoms with E-state index in [-0.39, 0.29) is 12.1 Å². The van der Waals surface area contributed by atoms with Crippen LogP contribution in [0.3, 0.4) is 0 Å². The zero-order chi connectivity index (χ0) is 17.1. The molecule has 24 heavy (non-hydrogen) atoms. The van der Waals surface area contributed by atoms with Crippen molar-refractivity contribution in [3.63, 3.8) is 0 Å². The number of nitrogens with zero attached hydrogens (tertiary/aromatic N) is 2. The van der Waals surface area contributed by atoms with Crippen LogP contribution in [-0.2, 0) is 20.7 Å². The summed E-state index contributed by atoms with van der Waals surface area (Å²) in [5, 5.41) is 13.5. The van der Waals surface area contributed by atoms with Crippen LogP contribution in [-0.4, -0.2) is 52.4 Å². The smallest absolute Gasteiger partial charge is 0.328 e. The Morgan fingerprint density at radius 1 is 1.42 bits per heavy atom. The SMILES string of the molecule is COC(=O)[C@@H]1CCCN1C(=O)C(Cc1c[nH]c2ccccc12)=NO. The van der Waals surface area contributed by atoms with Gasteiger partial charge >= 0.3 is 5.97 Å². The summed E-state index contributed by atoms with van der Waals surface area (Å²) in [4.78, 5) is 29.0. The molecule has 1 aliphatic heterocycles. The summed E-state index contributed by atoms with van der Waals surface area (Å²) in [6.07, 6.45) is 3.26. The molecule has 0 bridgehead atoms. The number of oxime groups is 1. The summed E-state index contributed by atoms with van der Waals surface area (Å²) in [6, 6.07) is 7.09. The lowest BCUT2D eigenvalue weighted by Crippen LogP contribution is -2.44. The molecule has 0 spiro atoms. The van der Waals surface area contributed by atoms with Crippen molar-refractivity contribution in [1.82, 2.24) is 9.88 Å². The van der Waals surface area contributed by atoms with Crippen LogP contribution in [0.25, 0.3) is 10.9 Å². The molecule has 0 radical (unpaired) electrons. The molecule has 1 saturated heterocycles. The summed E-state index contributed by atoms with van der Waals surface area (Å²) in [7, 11) is 1.30. The minimum Gasteiger partial charge on any atom is -0.467 e. The number of amides is 1. The molecular weight excluding hydrogens is 310 g/mol. The van der Waals surface area contributed by atoms with E-state index < -0.39 is 17.9 Å². The third-order valence-electron chi connectivity index (χ3n) is 4.39. The topological polar surface area (TPSA) is 95.0 Å². The number of carbonyl (C=O) groups is 2. The summed E-state index contributed by atoms with van der Waals surface area (Å²) in [5.74, 6) is -0.874. The largest absolute Gasteiger partial charge is 0.467 e. The molecule has 7 heteroatoms. The number of H-pyrrole nitrogens is 1. The average Bonchev–Trinajstić information content (AvgIpc) is 3.25. The second-order valence-electron chi connectivity index (χ2n) is 5.76. The van der Waals surface area contributed by atoms with E-state index in [2.05, 4.69) is 10.1 Å². The molecule has 1 aliphatic rings.